The maximum atomic E-state index is 5.48. The number of fused-ring (bicyclic) bond motifs is 1. The van der Waals surface area contributed by atoms with E-state index in [2.05, 4.69) is 20.3 Å². The molecule has 3 rings (SSSR count). The molecule has 19 heavy (non-hydrogen) atoms. The van der Waals surface area contributed by atoms with Gasteiger partial charge >= 0.3 is 0 Å². The zero-order valence-corrected chi connectivity index (χ0v) is 10.6. The van der Waals surface area contributed by atoms with Gasteiger partial charge in [0, 0.05) is 6.20 Å². The van der Waals surface area contributed by atoms with Gasteiger partial charge in [0.05, 0.1) is 16.7 Å². The second-order valence-electron chi connectivity index (χ2n) is 4.50. The Balaban J connectivity index is 1.75. The third-order valence-corrected chi connectivity index (χ3v) is 2.97. The zero-order valence-electron chi connectivity index (χ0n) is 10.6. The lowest BCUT2D eigenvalue weighted by Crippen LogP contribution is -2.02. The minimum absolute atomic E-state index is 0.601. The van der Waals surface area contributed by atoms with Crippen LogP contribution < -0.4 is 5.73 Å². The van der Waals surface area contributed by atoms with E-state index in [9.17, 15) is 0 Å². The van der Waals surface area contributed by atoms with Crippen LogP contribution in [0, 0.1) is 0 Å². The van der Waals surface area contributed by atoms with Crippen LogP contribution in [0.3, 0.4) is 0 Å². The first kappa shape index (κ1) is 11.9. The van der Waals surface area contributed by atoms with Crippen molar-refractivity contribution in [1.29, 1.82) is 0 Å². The van der Waals surface area contributed by atoms with Crippen molar-refractivity contribution in [2.45, 2.75) is 19.4 Å². The minimum Gasteiger partial charge on any atom is -0.340 e. The van der Waals surface area contributed by atoms with Crippen molar-refractivity contribution in [3.05, 3.63) is 42.0 Å². The lowest BCUT2D eigenvalue weighted by atomic mass is 10.2. The number of hydrogen-bond donors (Lipinski definition) is 2. The van der Waals surface area contributed by atoms with Crippen molar-refractivity contribution in [2.24, 2.45) is 5.73 Å². The second-order valence-corrected chi connectivity index (χ2v) is 4.50. The topological polar surface area (TPSA) is 85.4 Å². The molecule has 0 aliphatic carbocycles. The predicted molar refractivity (Wildman–Crippen MR) is 72.6 cm³/mol. The van der Waals surface area contributed by atoms with Gasteiger partial charge in [-0.05, 0) is 31.5 Å². The van der Waals surface area contributed by atoms with E-state index < -0.39 is 0 Å². The molecule has 0 radical (unpaired) electrons. The number of aromatic nitrogens is 5. The maximum absolute atomic E-state index is 5.48. The van der Waals surface area contributed by atoms with Gasteiger partial charge in [-0.3, -0.25) is 0 Å². The monoisotopic (exact) mass is 256 g/mol. The molecular formula is C13H16N6. The molecule has 0 atom stereocenters. The minimum atomic E-state index is 0.601. The molecule has 3 N–H and O–H groups in total. The van der Waals surface area contributed by atoms with Gasteiger partial charge < -0.3 is 10.7 Å². The van der Waals surface area contributed by atoms with Crippen LogP contribution >= 0.6 is 0 Å². The summed E-state index contributed by atoms with van der Waals surface area (Å²) in [6.45, 7) is 1.28. The van der Waals surface area contributed by atoms with Crippen molar-refractivity contribution in [1.82, 2.24) is 25.0 Å². The van der Waals surface area contributed by atoms with Gasteiger partial charge in [-0.1, -0.05) is 17.3 Å². The Hall–Kier alpha value is -2.21. The first-order valence-corrected chi connectivity index (χ1v) is 6.38. The third kappa shape index (κ3) is 2.63. The average Bonchev–Trinajstić information content (AvgIpc) is 3.02. The third-order valence-electron chi connectivity index (χ3n) is 2.97. The highest BCUT2D eigenvalue weighted by atomic mass is 15.4. The van der Waals surface area contributed by atoms with Gasteiger partial charge in [0.2, 0.25) is 0 Å². The highest BCUT2D eigenvalue weighted by molar-refractivity contribution is 5.74. The molecule has 2 heterocycles. The van der Waals surface area contributed by atoms with Crippen LogP contribution in [-0.4, -0.2) is 31.5 Å². The molecule has 0 spiro atoms. The van der Waals surface area contributed by atoms with Crippen LogP contribution in [0.2, 0.25) is 0 Å². The summed E-state index contributed by atoms with van der Waals surface area (Å²) in [4.78, 5) is 7.79. The molecule has 6 heteroatoms. The van der Waals surface area contributed by atoms with E-state index in [1.807, 2.05) is 30.5 Å². The van der Waals surface area contributed by atoms with Crippen LogP contribution in [0.15, 0.2) is 30.5 Å². The number of hydrogen-bond acceptors (Lipinski definition) is 4. The van der Waals surface area contributed by atoms with Gasteiger partial charge in [0.25, 0.3) is 0 Å². The van der Waals surface area contributed by atoms with Crippen LogP contribution in [0.5, 0.6) is 0 Å². The average molecular weight is 256 g/mol. The Morgan fingerprint density at radius 2 is 2.16 bits per heavy atom. The van der Waals surface area contributed by atoms with Gasteiger partial charge in [-0.15, -0.1) is 5.10 Å². The number of nitrogens with zero attached hydrogens (tertiary/aromatic N) is 4. The Labute approximate surface area is 110 Å². The quantitative estimate of drug-likeness (QED) is 0.715. The molecule has 0 amide bonds. The smallest absolute Gasteiger partial charge is 0.129 e. The summed E-state index contributed by atoms with van der Waals surface area (Å²) < 4.78 is 1.80. The van der Waals surface area contributed by atoms with Crippen LogP contribution in [-0.2, 0) is 13.0 Å². The first-order valence-electron chi connectivity index (χ1n) is 6.38. The van der Waals surface area contributed by atoms with E-state index in [0.29, 0.717) is 13.1 Å². The lowest BCUT2D eigenvalue weighted by molar-refractivity contribution is 0.630. The van der Waals surface area contributed by atoms with E-state index in [4.69, 9.17) is 5.73 Å². The molecule has 0 saturated heterocycles. The summed E-state index contributed by atoms with van der Waals surface area (Å²) in [7, 11) is 0. The number of H-pyrrole nitrogens is 1. The summed E-state index contributed by atoms with van der Waals surface area (Å²) in [5.74, 6) is 0.886. The SMILES string of the molecule is NCCCc1cn(Cc2nc3ccccc3[nH]2)nn1. The number of imidazole rings is 1. The Bertz CT molecular complexity index is 635. The largest absolute Gasteiger partial charge is 0.340 e. The Morgan fingerprint density at radius 1 is 1.26 bits per heavy atom. The van der Waals surface area contributed by atoms with Crippen LogP contribution in [0.4, 0.5) is 0 Å². The fourth-order valence-corrected chi connectivity index (χ4v) is 2.05. The van der Waals surface area contributed by atoms with Crippen molar-refractivity contribution >= 4 is 11.0 Å². The molecule has 0 saturated carbocycles. The molecule has 0 fully saturated rings. The summed E-state index contributed by atoms with van der Waals surface area (Å²) in [5, 5.41) is 8.22. The van der Waals surface area contributed by atoms with E-state index in [1.165, 1.54) is 0 Å². The Morgan fingerprint density at radius 3 is 3.00 bits per heavy atom. The second kappa shape index (κ2) is 5.19. The molecule has 98 valence electrons. The van der Waals surface area contributed by atoms with Crippen molar-refractivity contribution in [2.75, 3.05) is 6.54 Å². The first-order chi connectivity index (χ1) is 9.35. The standard InChI is InChI=1S/C13H16N6/c14-7-3-4-10-8-19(18-17-10)9-13-15-11-5-1-2-6-12(11)16-13/h1-2,5-6,8H,3-4,7,9,14H2,(H,15,16). The van der Waals surface area contributed by atoms with Gasteiger partial charge in [-0.2, -0.15) is 0 Å². The van der Waals surface area contributed by atoms with Crippen molar-refractivity contribution < 1.29 is 0 Å². The molecule has 0 aliphatic heterocycles. The van der Waals surface area contributed by atoms with Gasteiger partial charge in [0.1, 0.15) is 12.4 Å². The fourth-order valence-electron chi connectivity index (χ4n) is 2.05. The molecule has 0 bridgehead atoms. The van der Waals surface area contributed by atoms with Crippen LogP contribution in [0.25, 0.3) is 11.0 Å². The van der Waals surface area contributed by atoms with Crippen LogP contribution in [0.1, 0.15) is 17.9 Å². The number of para-hydroxylation sites is 2. The van der Waals surface area contributed by atoms with E-state index >= 15 is 0 Å². The number of nitrogens with two attached hydrogens (primary N) is 1. The molecule has 3 aromatic rings. The summed E-state index contributed by atoms with van der Waals surface area (Å²) >= 11 is 0. The molecule has 1 aromatic carbocycles. The van der Waals surface area contributed by atoms with E-state index in [0.717, 1.165) is 35.4 Å². The zero-order chi connectivity index (χ0) is 13.1. The van der Waals surface area contributed by atoms with Crippen molar-refractivity contribution in [3.8, 4) is 0 Å². The van der Waals surface area contributed by atoms with E-state index in [-0.39, 0.29) is 0 Å². The van der Waals surface area contributed by atoms with Gasteiger partial charge in [-0.25, -0.2) is 9.67 Å². The number of aryl methyl sites for hydroxylation is 1. The van der Waals surface area contributed by atoms with Crippen molar-refractivity contribution in [3.63, 3.8) is 0 Å². The number of benzene rings is 1. The summed E-state index contributed by atoms with van der Waals surface area (Å²) in [6, 6.07) is 7.97. The maximum Gasteiger partial charge on any atom is 0.129 e. The molecule has 0 unspecified atom stereocenters. The number of aromatic amines is 1. The normalized spacial score (nSPS) is 11.2. The lowest BCUT2D eigenvalue weighted by Gasteiger charge is -1.95. The Kier molecular flexibility index (Phi) is 3.24. The summed E-state index contributed by atoms with van der Waals surface area (Å²) in [5.41, 5.74) is 8.47. The number of nitrogens with one attached hydrogen (secondary N) is 1. The molecule has 0 aliphatic rings. The molecular weight excluding hydrogens is 240 g/mol. The highest BCUT2D eigenvalue weighted by Crippen LogP contribution is 2.11. The highest BCUT2D eigenvalue weighted by Gasteiger charge is 2.05. The fraction of sp³-hybridized carbons (Fsp3) is 0.308. The number of rotatable bonds is 5. The van der Waals surface area contributed by atoms with E-state index in [1.54, 1.807) is 4.68 Å². The summed E-state index contributed by atoms with van der Waals surface area (Å²) in [6.07, 6.45) is 3.75. The molecule has 2 aromatic heterocycles. The van der Waals surface area contributed by atoms with Gasteiger partial charge in [0.15, 0.2) is 0 Å². The molecule has 6 nitrogen and oxygen atoms in total. The predicted octanol–water partition coefficient (Wildman–Crippen LogP) is 1.09.